The molecule has 3 aromatic carbocycles. The van der Waals surface area contributed by atoms with E-state index in [0.29, 0.717) is 28.1 Å². The van der Waals surface area contributed by atoms with Crippen LogP contribution in [0.3, 0.4) is 0 Å². The maximum atomic E-state index is 12.7. The van der Waals surface area contributed by atoms with Gasteiger partial charge >= 0.3 is 0 Å². The van der Waals surface area contributed by atoms with Crippen LogP contribution in [0.5, 0.6) is 5.75 Å². The van der Waals surface area contributed by atoms with Gasteiger partial charge in [-0.15, -0.1) is 0 Å². The molecule has 0 saturated heterocycles. The van der Waals surface area contributed by atoms with Crippen molar-refractivity contribution in [1.82, 2.24) is 0 Å². The van der Waals surface area contributed by atoms with Crippen LogP contribution >= 0.6 is 0 Å². The summed E-state index contributed by atoms with van der Waals surface area (Å²) >= 11 is 0. The second-order valence-electron chi connectivity index (χ2n) is 5.99. The van der Waals surface area contributed by atoms with Crippen molar-refractivity contribution < 1.29 is 19.6 Å². The van der Waals surface area contributed by atoms with E-state index in [2.05, 4.69) is 5.32 Å². The van der Waals surface area contributed by atoms with Gasteiger partial charge in [0.05, 0.1) is 17.6 Å². The number of hydrogen-bond acceptors (Lipinski definition) is 5. The number of nitrogens with zero attached hydrogens (tertiary/aromatic N) is 1. The molecule has 0 aliphatic carbocycles. The Kier molecular flexibility index (Phi) is 5.67. The number of methoxy groups -OCH3 is 1. The summed E-state index contributed by atoms with van der Waals surface area (Å²) in [4.78, 5) is 23.0. The molecule has 1 unspecified atom stereocenters. The SMILES string of the molecule is COc1ccccc1C(=O)Nc1ccccc1C(O)c1ccc([N+](=O)[O-])cc1. The highest BCUT2D eigenvalue weighted by atomic mass is 16.6. The van der Waals surface area contributed by atoms with E-state index in [1.54, 1.807) is 48.5 Å². The molecular formula is C21H18N2O5. The first-order valence-electron chi connectivity index (χ1n) is 8.47. The lowest BCUT2D eigenvalue weighted by Crippen LogP contribution is -2.15. The Morgan fingerprint density at radius 1 is 1.04 bits per heavy atom. The topological polar surface area (TPSA) is 102 Å². The molecule has 1 amide bonds. The highest BCUT2D eigenvalue weighted by Gasteiger charge is 2.18. The van der Waals surface area contributed by atoms with E-state index in [0.717, 1.165) is 0 Å². The number of nitro groups is 1. The van der Waals surface area contributed by atoms with Crippen molar-refractivity contribution in [2.45, 2.75) is 6.10 Å². The normalized spacial score (nSPS) is 11.5. The lowest BCUT2D eigenvalue weighted by Gasteiger charge is -2.17. The second kappa shape index (κ2) is 8.32. The van der Waals surface area contributed by atoms with Gasteiger partial charge in [-0.05, 0) is 35.9 Å². The van der Waals surface area contributed by atoms with Gasteiger partial charge in [-0.25, -0.2) is 0 Å². The predicted molar refractivity (Wildman–Crippen MR) is 105 cm³/mol. The summed E-state index contributed by atoms with van der Waals surface area (Å²) in [5, 5.41) is 24.3. The number of carbonyl (C=O) groups is 1. The molecule has 7 nitrogen and oxygen atoms in total. The molecule has 1 atom stereocenters. The van der Waals surface area contributed by atoms with Crippen LogP contribution in [0.25, 0.3) is 0 Å². The molecule has 0 spiro atoms. The van der Waals surface area contributed by atoms with Gasteiger partial charge in [-0.1, -0.05) is 30.3 Å². The van der Waals surface area contributed by atoms with Crippen LogP contribution in [-0.4, -0.2) is 23.0 Å². The number of amides is 1. The molecule has 0 fully saturated rings. The zero-order valence-corrected chi connectivity index (χ0v) is 15.0. The van der Waals surface area contributed by atoms with Gasteiger partial charge < -0.3 is 15.2 Å². The van der Waals surface area contributed by atoms with Crippen LogP contribution in [0.4, 0.5) is 11.4 Å². The number of aliphatic hydroxyl groups is 1. The van der Waals surface area contributed by atoms with Crippen LogP contribution in [-0.2, 0) is 0 Å². The smallest absolute Gasteiger partial charge is 0.269 e. The molecule has 3 aromatic rings. The van der Waals surface area contributed by atoms with E-state index in [-0.39, 0.29) is 11.6 Å². The van der Waals surface area contributed by atoms with Crippen LogP contribution in [0.1, 0.15) is 27.6 Å². The largest absolute Gasteiger partial charge is 0.496 e. The molecule has 0 bridgehead atoms. The Balaban J connectivity index is 1.88. The molecule has 0 aliphatic heterocycles. The highest BCUT2D eigenvalue weighted by Crippen LogP contribution is 2.30. The minimum Gasteiger partial charge on any atom is -0.496 e. The zero-order chi connectivity index (χ0) is 20.1. The number of ether oxygens (including phenoxy) is 1. The lowest BCUT2D eigenvalue weighted by molar-refractivity contribution is -0.384. The summed E-state index contributed by atoms with van der Waals surface area (Å²) in [7, 11) is 1.48. The highest BCUT2D eigenvalue weighted by molar-refractivity contribution is 6.06. The molecule has 3 rings (SSSR count). The molecule has 0 aliphatic rings. The number of para-hydroxylation sites is 2. The Labute approximate surface area is 161 Å². The number of non-ortho nitro benzene ring substituents is 1. The molecule has 0 aromatic heterocycles. The number of aliphatic hydroxyl groups excluding tert-OH is 1. The van der Waals surface area contributed by atoms with Gasteiger partial charge in [0.15, 0.2) is 0 Å². The third-order valence-electron chi connectivity index (χ3n) is 4.27. The lowest BCUT2D eigenvalue weighted by atomic mass is 9.99. The number of nitro benzene ring substituents is 1. The van der Waals surface area contributed by atoms with Gasteiger partial charge in [0, 0.05) is 23.4 Å². The van der Waals surface area contributed by atoms with Gasteiger partial charge in [0.1, 0.15) is 11.9 Å². The summed E-state index contributed by atoms with van der Waals surface area (Å²) in [6, 6.07) is 19.3. The van der Waals surface area contributed by atoms with E-state index in [1.165, 1.54) is 31.4 Å². The summed E-state index contributed by atoms with van der Waals surface area (Å²) in [6.07, 6.45) is -1.06. The van der Waals surface area contributed by atoms with Gasteiger partial charge in [-0.3, -0.25) is 14.9 Å². The fraction of sp³-hybridized carbons (Fsp3) is 0.0952. The molecule has 7 heteroatoms. The van der Waals surface area contributed by atoms with E-state index < -0.39 is 11.0 Å². The number of hydrogen-bond donors (Lipinski definition) is 2. The fourth-order valence-electron chi connectivity index (χ4n) is 2.83. The van der Waals surface area contributed by atoms with E-state index in [4.69, 9.17) is 4.74 Å². The Morgan fingerprint density at radius 3 is 2.36 bits per heavy atom. The van der Waals surface area contributed by atoms with Crippen molar-refractivity contribution in [1.29, 1.82) is 0 Å². The molecule has 142 valence electrons. The van der Waals surface area contributed by atoms with E-state index >= 15 is 0 Å². The monoisotopic (exact) mass is 378 g/mol. The first kappa shape index (κ1) is 19.1. The van der Waals surface area contributed by atoms with Crippen molar-refractivity contribution in [2.24, 2.45) is 0 Å². The average Bonchev–Trinajstić information content (AvgIpc) is 2.73. The van der Waals surface area contributed by atoms with Crippen LogP contribution in [0.2, 0.25) is 0 Å². The van der Waals surface area contributed by atoms with Crippen molar-refractivity contribution in [3.63, 3.8) is 0 Å². The van der Waals surface area contributed by atoms with Gasteiger partial charge in [-0.2, -0.15) is 0 Å². The van der Waals surface area contributed by atoms with E-state index in [1.807, 2.05) is 0 Å². The summed E-state index contributed by atoms with van der Waals surface area (Å²) in [5.41, 5.74) is 1.69. The Morgan fingerprint density at radius 2 is 1.68 bits per heavy atom. The minimum atomic E-state index is -1.06. The van der Waals surface area contributed by atoms with Crippen LogP contribution < -0.4 is 10.1 Å². The molecule has 0 saturated carbocycles. The first-order chi connectivity index (χ1) is 13.5. The Hall–Kier alpha value is -3.71. The maximum Gasteiger partial charge on any atom is 0.269 e. The van der Waals surface area contributed by atoms with Crippen molar-refractivity contribution in [3.05, 3.63) is 99.6 Å². The molecule has 0 radical (unpaired) electrons. The van der Waals surface area contributed by atoms with Crippen LogP contribution in [0.15, 0.2) is 72.8 Å². The number of carbonyl (C=O) groups excluding carboxylic acids is 1. The number of benzene rings is 3. The summed E-state index contributed by atoms with van der Waals surface area (Å²) in [6.45, 7) is 0. The molecule has 0 heterocycles. The molecule has 28 heavy (non-hydrogen) atoms. The molecule has 2 N–H and O–H groups in total. The minimum absolute atomic E-state index is 0.0614. The van der Waals surface area contributed by atoms with Crippen molar-refractivity contribution >= 4 is 17.3 Å². The predicted octanol–water partition coefficient (Wildman–Crippen LogP) is 3.94. The number of rotatable bonds is 6. The van der Waals surface area contributed by atoms with Gasteiger partial charge in [0.25, 0.3) is 11.6 Å². The van der Waals surface area contributed by atoms with Crippen molar-refractivity contribution in [2.75, 3.05) is 12.4 Å². The standard InChI is InChI=1S/C21H18N2O5/c1-28-19-9-5-3-7-17(19)21(25)22-18-8-4-2-6-16(18)20(24)14-10-12-15(13-11-14)23(26)27/h2-13,20,24H,1H3,(H,22,25). The summed E-state index contributed by atoms with van der Waals surface area (Å²) < 4.78 is 5.22. The summed E-state index contributed by atoms with van der Waals surface area (Å²) in [5.74, 6) is 0.0641. The van der Waals surface area contributed by atoms with E-state index in [9.17, 15) is 20.0 Å². The maximum absolute atomic E-state index is 12.7. The third-order valence-corrected chi connectivity index (χ3v) is 4.27. The Bertz CT molecular complexity index is 1000. The second-order valence-corrected chi connectivity index (χ2v) is 5.99. The zero-order valence-electron chi connectivity index (χ0n) is 15.0. The number of anilines is 1. The van der Waals surface area contributed by atoms with Gasteiger partial charge in [0.2, 0.25) is 0 Å². The third kappa shape index (κ3) is 3.99. The fourth-order valence-corrected chi connectivity index (χ4v) is 2.83. The molecular weight excluding hydrogens is 360 g/mol. The van der Waals surface area contributed by atoms with Crippen molar-refractivity contribution in [3.8, 4) is 5.75 Å². The quantitative estimate of drug-likeness (QED) is 0.500. The average molecular weight is 378 g/mol. The number of nitrogens with one attached hydrogen (secondary N) is 1. The first-order valence-corrected chi connectivity index (χ1v) is 8.47. The van der Waals surface area contributed by atoms with Crippen LogP contribution in [0, 0.1) is 10.1 Å².